The molecule has 4 amide bonds. The fraction of sp³-hybridized carbons (Fsp3) is 0.455. The van der Waals surface area contributed by atoms with Crippen LogP contribution in [-0.2, 0) is 41.7 Å². The molecule has 1 fully saturated rings. The molecule has 20 heteroatoms. The molecule has 0 unspecified atom stereocenters. The number of thioether (sulfide) groups is 1. The SMILES string of the molecule is CSc1nnc(C(N)=O)c(Nc2cccc3c2ccn3CCOCCOCCOCCC(=O)N[C@H](C(=O)N2C[C@H](O)C[C@H]2C(=O)NCc2ccc(-c3scnc3C)cc2)C(C)(C)C)n1. The molecular formula is C44H56N10O8S2. The number of hydrogen-bond acceptors (Lipinski definition) is 15. The van der Waals surface area contributed by atoms with Crippen LogP contribution >= 0.6 is 23.1 Å². The van der Waals surface area contributed by atoms with E-state index in [9.17, 15) is 24.3 Å². The number of nitrogens with one attached hydrogen (secondary N) is 3. The number of hydrogen-bond donors (Lipinski definition) is 5. The topological polar surface area (TPSA) is 238 Å². The first-order valence-electron chi connectivity index (χ1n) is 20.9. The lowest BCUT2D eigenvalue weighted by Gasteiger charge is -2.35. The Balaban J connectivity index is 0.869. The molecule has 6 N–H and O–H groups in total. The first kappa shape index (κ1) is 48.0. The normalized spacial score (nSPS) is 15.6. The van der Waals surface area contributed by atoms with E-state index in [1.807, 2.05) is 94.2 Å². The van der Waals surface area contributed by atoms with Gasteiger partial charge >= 0.3 is 0 Å². The lowest BCUT2D eigenvalue weighted by Crippen LogP contribution is -2.57. The smallest absolute Gasteiger partial charge is 0.273 e. The predicted molar refractivity (Wildman–Crippen MR) is 244 cm³/mol. The van der Waals surface area contributed by atoms with Crippen molar-refractivity contribution in [2.45, 2.75) is 77.0 Å². The van der Waals surface area contributed by atoms with E-state index in [-0.39, 0.29) is 62.5 Å². The van der Waals surface area contributed by atoms with E-state index in [4.69, 9.17) is 19.9 Å². The number of aryl methyl sites for hydroxylation is 1. The van der Waals surface area contributed by atoms with E-state index in [0.29, 0.717) is 38.1 Å². The molecule has 0 radical (unpaired) electrons. The minimum absolute atomic E-state index is 0.00807. The summed E-state index contributed by atoms with van der Waals surface area (Å²) >= 11 is 2.87. The van der Waals surface area contributed by atoms with E-state index < -0.39 is 35.4 Å². The number of carbonyl (C=O) groups is 4. The summed E-state index contributed by atoms with van der Waals surface area (Å²) in [4.78, 5) is 63.5. The van der Waals surface area contributed by atoms with Crippen LogP contribution in [0.5, 0.6) is 0 Å². The van der Waals surface area contributed by atoms with E-state index in [1.165, 1.54) is 16.7 Å². The number of rotatable bonds is 22. The van der Waals surface area contributed by atoms with Gasteiger partial charge in [0.2, 0.25) is 22.9 Å². The largest absolute Gasteiger partial charge is 0.391 e. The first-order chi connectivity index (χ1) is 30.7. The molecule has 0 bridgehead atoms. The number of β-amino-alcohol motifs (C(OH)–C–C–N with tert-alkyl or cyclic N) is 1. The summed E-state index contributed by atoms with van der Waals surface area (Å²) in [5.74, 6) is -1.65. The maximum atomic E-state index is 13.9. The number of thiazole rings is 1. The van der Waals surface area contributed by atoms with Crippen LogP contribution in [0.3, 0.4) is 0 Å². The molecule has 1 saturated heterocycles. The molecular weight excluding hydrogens is 861 g/mol. The van der Waals surface area contributed by atoms with Gasteiger partial charge in [-0.2, -0.15) is 0 Å². The highest BCUT2D eigenvalue weighted by molar-refractivity contribution is 7.98. The second kappa shape index (κ2) is 22.4. The molecule has 3 aromatic heterocycles. The number of anilines is 2. The summed E-state index contributed by atoms with van der Waals surface area (Å²) in [7, 11) is 0. The number of aliphatic hydroxyl groups is 1. The first-order valence-corrected chi connectivity index (χ1v) is 23.1. The molecule has 18 nitrogen and oxygen atoms in total. The van der Waals surface area contributed by atoms with Crippen LogP contribution in [-0.4, -0.2) is 129 Å². The summed E-state index contributed by atoms with van der Waals surface area (Å²) < 4.78 is 19.1. The number of nitrogens with zero attached hydrogens (tertiary/aromatic N) is 6. The van der Waals surface area contributed by atoms with Gasteiger partial charge in [0.1, 0.15) is 12.1 Å². The molecule has 0 aliphatic carbocycles. The van der Waals surface area contributed by atoms with Gasteiger partial charge in [-0.05, 0) is 47.9 Å². The van der Waals surface area contributed by atoms with Crippen molar-refractivity contribution >= 4 is 69.1 Å². The highest BCUT2D eigenvalue weighted by Crippen LogP contribution is 2.30. The Bertz CT molecular complexity index is 2390. The fourth-order valence-corrected chi connectivity index (χ4v) is 8.31. The number of fused-ring (bicyclic) bond motifs is 1. The average molecular weight is 917 g/mol. The highest BCUT2D eigenvalue weighted by atomic mass is 32.2. The van der Waals surface area contributed by atoms with Crippen molar-refractivity contribution in [3.8, 4) is 10.4 Å². The zero-order chi connectivity index (χ0) is 45.8. The molecule has 64 heavy (non-hydrogen) atoms. The summed E-state index contributed by atoms with van der Waals surface area (Å²) in [5, 5.41) is 28.7. The lowest BCUT2D eigenvalue weighted by atomic mass is 9.85. The molecule has 0 spiro atoms. The van der Waals surface area contributed by atoms with Crippen LogP contribution in [0.2, 0.25) is 0 Å². The van der Waals surface area contributed by atoms with E-state index in [0.717, 1.165) is 38.3 Å². The van der Waals surface area contributed by atoms with Crippen LogP contribution in [0.1, 0.15) is 55.4 Å². The second-order valence-electron chi connectivity index (χ2n) is 16.3. The van der Waals surface area contributed by atoms with Crippen LogP contribution in [0.25, 0.3) is 21.3 Å². The molecule has 5 aromatic rings. The standard InChI is InChI=1S/C44H56N10O8S2/c1-27-37(64-26-47-27)29-11-9-28(10-12-29)24-46-41(58)34-23-30(55)25-54(34)42(59)38(44(2,3)4)49-35(56)14-17-60-19-21-62-22-20-61-18-16-53-15-13-31-32(7-6-8-33(31)53)48-40-36(39(45)57)51-52-43(50-40)63-5/h6-13,15,26,30,34,38,55H,14,16-25H2,1-5H3,(H2,45,57)(H,46,58)(H,49,56)(H,48,50,52)/t30-,34+,38-/m1/s1. The predicted octanol–water partition coefficient (Wildman–Crippen LogP) is 4.07. The van der Waals surface area contributed by atoms with Crippen molar-refractivity contribution in [2.75, 3.05) is 57.8 Å². The molecule has 4 heterocycles. The third kappa shape index (κ3) is 12.6. The van der Waals surface area contributed by atoms with E-state index in [2.05, 4.69) is 40.7 Å². The third-order valence-electron chi connectivity index (χ3n) is 10.6. The summed E-state index contributed by atoms with van der Waals surface area (Å²) in [6.07, 6.45) is 3.03. The zero-order valence-electron chi connectivity index (χ0n) is 36.7. The fourth-order valence-electron chi connectivity index (χ4n) is 7.19. The summed E-state index contributed by atoms with van der Waals surface area (Å²) in [6.45, 7) is 10.2. The summed E-state index contributed by atoms with van der Waals surface area (Å²) in [6, 6.07) is 13.8. The van der Waals surface area contributed by atoms with Gasteiger partial charge in [0.15, 0.2) is 11.5 Å². The van der Waals surface area contributed by atoms with Crippen molar-refractivity contribution in [3.05, 3.63) is 77.2 Å². The molecule has 3 atom stereocenters. The number of carbonyl (C=O) groups excluding carboxylic acids is 4. The Labute approximate surface area is 380 Å². The molecule has 6 rings (SSSR count). The monoisotopic (exact) mass is 916 g/mol. The van der Waals surface area contributed by atoms with Crippen molar-refractivity contribution in [1.29, 1.82) is 0 Å². The number of amides is 4. The van der Waals surface area contributed by atoms with Gasteiger partial charge in [0.25, 0.3) is 5.91 Å². The van der Waals surface area contributed by atoms with Gasteiger partial charge in [-0.1, -0.05) is 62.9 Å². The quantitative estimate of drug-likeness (QED) is 0.0486. The van der Waals surface area contributed by atoms with Crippen molar-refractivity contribution in [2.24, 2.45) is 11.1 Å². The van der Waals surface area contributed by atoms with Crippen LogP contribution in [0, 0.1) is 12.3 Å². The minimum Gasteiger partial charge on any atom is -0.391 e. The van der Waals surface area contributed by atoms with Gasteiger partial charge in [-0.3, -0.25) is 19.2 Å². The van der Waals surface area contributed by atoms with Crippen molar-refractivity contribution in [3.63, 3.8) is 0 Å². The molecule has 342 valence electrons. The average Bonchev–Trinajstić information content (AvgIpc) is 4.01. The number of likely N-dealkylation sites (tertiary alicyclic amines) is 1. The lowest BCUT2D eigenvalue weighted by molar-refractivity contribution is -0.144. The van der Waals surface area contributed by atoms with Crippen molar-refractivity contribution < 1.29 is 38.5 Å². The number of benzene rings is 2. The Morgan fingerprint density at radius 1 is 0.984 bits per heavy atom. The number of aliphatic hydroxyl groups excluding tert-OH is 1. The number of aromatic nitrogens is 5. The maximum absolute atomic E-state index is 13.9. The van der Waals surface area contributed by atoms with E-state index >= 15 is 0 Å². The molecule has 0 saturated carbocycles. The summed E-state index contributed by atoms with van der Waals surface area (Å²) in [5.41, 5.74) is 11.2. The van der Waals surface area contributed by atoms with Gasteiger partial charge in [0, 0.05) is 49.7 Å². The number of primary amides is 1. The molecule has 1 aliphatic rings. The maximum Gasteiger partial charge on any atom is 0.273 e. The van der Waals surface area contributed by atoms with E-state index in [1.54, 1.807) is 11.3 Å². The van der Waals surface area contributed by atoms with Crippen LogP contribution < -0.4 is 21.7 Å². The molecule has 1 aliphatic heterocycles. The van der Waals surface area contributed by atoms with Gasteiger partial charge in [-0.25, -0.2) is 9.97 Å². The van der Waals surface area contributed by atoms with Crippen LogP contribution in [0.4, 0.5) is 11.5 Å². The van der Waals surface area contributed by atoms with Gasteiger partial charge in [-0.15, -0.1) is 21.5 Å². The van der Waals surface area contributed by atoms with Gasteiger partial charge < -0.3 is 50.5 Å². The Morgan fingerprint density at radius 3 is 2.38 bits per heavy atom. The molecule has 2 aromatic carbocycles. The number of nitrogens with two attached hydrogens (primary N) is 1. The second-order valence-corrected chi connectivity index (χ2v) is 17.9. The number of ether oxygens (including phenoxy) is 3. The Morgan fingerprint density at radius 2 is 1.70 bits per heavy atom. The van der Waals surface area contributed by atoms with Crippen molar-refractivity contribution in [1.82, 2.24) is 40.3 Å². The highest BCUT2D eigenvalue weighted by Gasteiger charge is 2.44. The van der Waals surface area contributed by atoms with Crippen LogP contribution in [0.15, 0.2) is 65.4 Å². The van der Waals surface area contributed by atoms with Gasteiger partial charge in [0.05, 0.1) is 67.3 Å². The Kier molecular flexibility index (Phi) is 16.8. The minimum atomic E-state index is -0.933. The Hall–Kier alpha value is -5.51. The zero-order valence-corrected chi connectivity index (χ0v) is 38.3. The third-order valence-corrected chi connectivity index (χ3v) is 12.1.